The van der Waals surface area contributed by atoms with Gasteiger partial charge in [0, 0.05) is 23.9 Å². The fourth-order valence-electron chi connectivity index (χ4n) is 3.33. The van der Waals surface area contributed by atoms with Gasteiger partial charge in [-0.2, -0.15) is 0 Å². The molecule has 1 saturated heterocycles. The second-order valence-corrected chi connectivity index (χ2v) is 6.79. The van der Waals surface area contributed by atoms with E-state index in [9.17, 15) is 9.59 Å². The number of nitrogens with one attached hydrogen (secondary N) is 1. The Balaban J connectivity index is 2.15. The summed E-state index contributed by atoms with van der Waals surface area (Å²) < 4.78 is 0. The zero-order valence-electron chi connectivity index (χ0n) is 14.1. The molecule has 2 atom stereocenters. The molecule has 0 bridgehead atoms. The molecule has 0 aromatic heterocycles. The highest BCUT2D eigenvalue weighted by atomic mass is 35.5. The van der Waals surface area contributed by atoms with Crippen LogP contribution in [0, 0.1) is 5.92 Å². The highest BCUT2D eigenvalue weighted by Gasteiger charge is 2.36. The highest BCUT2D eigenvalue weighted by Crippen LogP contribution is 2.36. The third-order valence-electron chi connectivity index (χ3n) is 4.65. The zero-order valence-corrected chi connectivity index (χ0v) is 14.9. The van der Waals surface area contributed by atoms with Gasteiger partial charge in [0.15, 0.2) is 0 Å². The quantitative estimate of drug-likeness (QED) is 0.343. The molecule has 1 aliphatic heterocycles. The molecule has 24 heavy (non-hydrogen) atoms. The molecule has 0 radical (unpaired) electrons. The minimum atomic E-state index is -0.285. The van der Waals surface area contributed by atoms with Crippen molar-refractivity contribution in [1.29, 1.82) is 0 Å². The molecule has 6 heteroatoms. The monoisotopic (exact) mass is 351 g/mol. The molecule has 0 aliphatic carbocycles. The topological polar surface area (TPSA) is 75.4 Å². The van der Waals surface area contributed by atoms with Crippen molar-refractivity contribution in [3.8, 4) is 0 Å². The predicted octanol–water partition coefficient (Wildman–Crippen LogP) is 3.19. The van der Waals surface area contributed by atoms with Crippen LogP contribution in [0.25, 0.3) is 0 Å². The number of nitrogens with two attached hydrogens (primary N) is 1. The number of rotatable bonds is 7. The zero-order chi connectivity index (χ0) is 17.5. The maximum atomic E-state index is 12.9. The van der Waals surface area contributed by atoms with E-state index in [1.165, 1.54) is 0 Å². The number of carbonyl (C=O) groups is 2. The lowest BCUT2D eigenvalue weighted by atomic mass is 9.86. The van der Waals surface area contributed by atoms with Crippen LogP contribution in [0.5, 0.6) is 0 Å². The number of hydrazine groups is 1. The molecular weight excluding hydrogens is 326 g/mol. The second kappa shape index (κ2) is 9.04. The number of halogens is 1. The van der Waals surface area contributed by atoms with Gasteiger partial charge >= 0.3 is 0 Å². The van der Waals surface area contributed by atoms with Gasteiger partial charge in [0.1, 0.15) is 0 Å². The summed E-state index contributed by atoms with van der Waals surface area (Å²) in [5, 5.41) is 0.691. The van der Waals surface area contributed by atoms with Crippen molar-refractivity contribution < 1.29 is 9.59 Å². The number of hydrogen-bond acceptors (Lipinski definition) is 3. The van der Waals surface area contributed by atoms with Crippen LogP contribution < -0.4 is 11.3 Å². The van der Waals surface area contributed by atoms with Gasteiger partial charge < -0.3 is 4.90 Å². The van der Waals surface area contributed by atoms with Crippen LogP contribution in [0.3, 0.4) is 0 Å². The predicted molar refractivity (Wildman–Crippen MR) is 95.1 cm³/mol. The van der Waals surface area contributed by atoms with Crippen molar-refractivity contribution in [2.75, 3.05) is 6.54 Å². The van der Waals surface area contributed by atoms with E-state index in [4.69, 9.17) is 17.4 Å². The molecule has 2 amide bonds. The van der Waals surface area contributed by atoms with Gasteiger partial charge in [0.05, 0.1) is 6.04 Å². The summed E-state index contributed by atoms with van der Waals surface area (Å²) >= 11 is 5.98. The summed E-state index contributed by atoms with van der Waals surface area (Å²) in [6.45, 7) is 2.86. The third-order valence-corrected chi connectivity index (χ3v) is 4.90. The summed E-state index contributed by atoms with van der Waals surface area (Å²) in [6, 6.07) is 7.75. The summed E-state index contributed by atoms with van der Waals surface area (Å²) in [4.78, 5) is 26.4. The molecule has 2 unspecified atom stereocenters. The van der Waals surface area contributed by atoms with Crippen molar-refractivity contribution >= 4 is 23.4 Å². The molecule has 0 spiro atoms. The molecule has 1 aromatic rings. The van der Waals surface area contributed by atoms with E-state index in [0.717, 1.165) is 37.8 Å². The number of carbonyl (C=O) groups excluding carboxylic acids is 2. The first-order chi connectivity index (χ1) is 11.6. The number of nitrogens with zero attached hydrogens (tertiary/aromatic N) is 1. The SMILES string of the molecule is CCCCCN1C(=O)C(CC(=O)NN)CCC1c1ccc(Cl)cc1. The molecule has 3 N–H and O–H groups in total. The van der Waals surface area contributed by atoms with Crippen LogP contribution in [0.15, 0.2) is 24.3 Å². The molecule has 1 heterocycles. The Bertz CT molecular complexity index is 562. The Morgan fingerprint density at radius 2 is 2.00 bits per heavy atom. The van der Waals surface area contributed by atoms with Crippen molar-refractivity contribution in [2.45, 2.75) is 51.5 Å². The molecule has 5 nitrogen and oxygen atoms in total. The summed E-state index contributed by atoms with van der Waals surface area (Å²) in [5.41, 5.74) is 3.23. The van der Waals surface area contributed by atoms with Crippen LogP contribution in [-0.2, 0) is 9.59 Å². The number of hydrogen-bond donors (Lipinski definition) is 2. The van der Waals surface area contributed by atoms with E-state index >= 15 is 0 Å². The van der Waals surface area contributed by atoms with Crippen LogP contribution in [-0.4, -0.2) is 23.3 Å². The fraction of sp³-hybridized carbons (Fsp3) is 0.556. The lowest BCUT2D eigenvalue weighted by molar-refractivity contribution is -0.144. The number of benzene rings is 1. The van der Waals surface area contributed by atoms with E-state index in [1.807, 2.05) is 29.2 Å². The first kappa shape index (κ1) is 18.7. The van der Waals surface area contributed by atoms with Crippen LogP contribution in [0.1, 0.15) is 57.1 Å². The number of amides is 2. The highest BCUT2D eigenvalue weighted by molar-refractivity contribution is 6.30. The van der Waals surface area contributed by atoms with Gasteiger partial charge in [-0.05, 0) is 37.0 Å². The van der Waals surface area contributed by atoms with Gasteiger partial charge in [0.2, 0.25) is 11.8 Å². The number of piperidine rings is 1. The Kier molecular flexibility index (Phi) is 7.06. The van der Waals surface area contributed by atoms with Crippen LogP contribution >= 0.6 is 11.6 Å². The number of unbranched alkanes of at least 4 members (excludes halogenated alkanes) is 2. The van der Waals surface area contributed by atoms with Crippen molar-refractivity contribution in [3.05, 3.63) is 34.9 Å². The minimum absolute atomic E-state index is 0.0564. The average molecular weight is 352 g/mol. The van der Waals surface area contributed by atoms with Gasteiger partial charge in [-0.15, -0.1) is 0 Å². The first-order valence-electron chi connectivity index (χ1n) is 8.62. The first-order valence-corrected chi connectivity index (χ1v) is 9.00. The minimum Gasteiger partial charge on any atom is -0.335 e. The normalized spacial score (nSPS) is 21.0. The lowest BCUT2D eigenvalue weighted by Gasteiger charge is -2.39. The smallest absolute Gasteiger partial charge is 0.234 e. The van der Waals surface area contributed by atoms with Crippen molar-refractivity contribution in [3.63, 3.8) is 0 Å². The van der Waals surface area contributed by atoms with Gasteiger partial charge in [-0.25, -0.2) is 5.84 Å². The number of likely N-dealkylation sites (tertiary alicyclic amines) is 1. The maximum Gasteiger partial charge on any atom is 0.234 e. The Labute approximate surface area is 148 Å². The van der Waals surface area contributed by atoms with Gasteiger partial charge in [-0.1, -0.05) is 43.5 Å². The van der Waals surface area contributed by atoms with Crippen LogP contribution in [0.4, 0.5) is 0 Å². The average Bonchev–Trinajstić information content (AvgIpc) is 2.59. The fourth-order valence-corrected chi connectivity index (χ4v) is 3.45. The van der Waals surface area contributed by atoms with Crippen LogP contribution in [0.2, 0.25) is 5.02 Å². The molecule has 132 valence electrons. The molecule has 2 rings (SSSR count). The summed E-state index contributed by atoms with van der Waals surface area (Å²) in [6.07, 6.45) is 4.87. The third kappa shape index (κ3) is 4.71. The van der Waals surface area contributed by atoms with Gasteiger partial charge in [0.25, 0.3) is 0 Å². The molecule has 0 saturated carbocycles. The Hall–Kier alpha value is -1.59. The Morgan fingerprint density at radius 3 is 2.62 bits per heavy atom. The summed E-state index contributed by atoms with van der Waals surface area (Å²) in [7, 11) is 0. The maximum absolute atomic E-state index is 12.9. The van der Waals surface area contributed by atoms with E-state index < -0.39 is 0 Å². The largest absolute Gasteiger partial charge is 0.335 e. The summed E-state index contributed by atoms with van der Waals surface area (Å²) in [5.74, 6) is 4.66. The molecule has 1 fully saturated rings. The molecule has 1 aliphatic rings. The lowest BCUT2D eigenvalue weighted by Crippen LogP contribution is -2.45. The standard InChI is InChI=1S/C18H26ClN3O2/c1-2-3-4-11-22-16(13-5-8-15(19)9-6-13)10-7-14(18(22)24)12-17(23)21-20/h5-6,8-9,14,16H,2-4,7,10-12,20H2,1H3,(H,21,23). The second-order valence-electron chi connectivity index (χ2n) is 6.35. The molecular formula is C18H26ClN3O2. The Morgan fingerprint density at radius 1 is 1.29 bits per heavy atom. The van der Waals surface area contributed by atoms with E-state index in [1.54, 1.807) is 0 Å². The van der Waals surface area contributed by atoms with Gasteiger partial charge in [-0.3, -0.25) is 15.0 Å². The van der Waals surface area contributed by atoms with E-state index in [-0.39, 0.29) is 30.2 Å². The van der Waals surface area contributed by atoms with E-state index in [0.29, 0.717) is 11.4 Å². The van der Waals surface area contributed by atoms with Crippen molar-refractivity contribution in [1.82, 2.24) is 10.3 Å². The van der Waals surface area contributed by atoms with Crippen molar-refractivity contribution in [2.24, 2.45) is 11.8 Å². The van der Waals surface area contributed by atoms with E-state index in [2.05, 4.69) is 12.3 Å². The molecule has 1 aromatic carbocycles.